The highest BCUT2D eigenvalue weighted by Crippen LogP contribution is 2.63. The predicted molar refractivity (Wildman–Crippen MR) is 163 cm³/mol. The highest BCUT2D eigenvalue weighted by Gasteiger charge is 2.65. The van der Waals surface area contributed by atoms with Gasteiger partial charge in [-0.15, -0.1) is 0 Å². The predicted octanol–water partition coefficient (Wildman–Crippen LogP) is 4.24. The molecule has 0 N–H and O–H groups in total. The summed E-state index contributed by atoms with van der Waals surface area (Å²) in [5, 5.41) is 0. The highest BCUT2D eigenvalue weighted by molar-refractivity contribution is 7.89. The zero-order valence-electron chi connectivity index (χ0n) is 24.7. The molecule has 0 unspecified atom stereocenters. The molecule has 9 nitrogen and oxygen atoms in total. The molecule has 2 aromatic carbocycles. The van der Waals surface area contributed by atoms with Crippen LogP contribution in [0.25, 0.3) is 6.08 Å². The van der Waals surface area contributed by atoms with Crippen molar-refractivity contribution in [3.63, 3.8) is 0 Å². The summed E-state index contributed by atoms with van der Waals surface area (Å²) >= 11 is 0. The normalized spacial score (nSPS) is 25.6. The average Bonchev–Trinajstić information content (AvgIpc) is 3.65. The molecule has 0 saturated carbocycles. The molecule has 1 aromatic heterocycles. The Balaban J connectivity index is 1.32. The van der Waals surface area contributed by atoms with Gasteiger partial charge in [0.05, 0.1) is 42.8 Å². The Bertz CT molecular complexity index is 1760. The van der Waals surface area contributed by atoms with Crippen LogP contribution in [0.5, 0.6) is 11.5 Å². The van der Waals surface area contributed by atoms with Gasteiger partial charge >= 0.3 is 0 Å². The summed E-state index contributed by atoms with van der Waals surface area (Å²) in [5.74, 6) is 1.23. The van der Waals surface area contributed by atoms with Crippen LogP contribution in [0.2, 0.25) is 0 Å². The maximum Gasteiger partial charge on any atom is 0.246 e. The van der Waals surface area contributed by atoms with E-state index in [0.29, 0.717) is 47.9 Å². The molecule has 2 aliphatic heterocycles. The van der Waals surface area contributed by atoms with E-state index < -0.39 is 15.4 Å². The summed E-state index contributed by atoms with van der Waals surface area (Å²) in [6.07, 6.45) is 9.88. The summed E-state index contributed by atoms with van der Waals surface area (Å²) in [7, 11) is 3.34. The first-order chi connectivity index (χ1) is 20.7. The Labute approximate surface area is 252 Å². The van der Waals surface area contributed by atoms with Gasteiger partial charge in [-0.3, -0.25) is 4.79 Å². The van der Waals surface area contributed by atoms with Crippen molar-refractivity contribution >= 4 is 27.7 Å². The molecular formula is C33H35N3O6S. The SMILES string of the molecule is COc1ccc2c3c1O[C@H]1[C@H](N(C)C(=O)/C=C/c4ccoc4)CC=C4[C@@H](C2)N(S(=O)(=O)c2ccccc2N(C)C)CC[C@]431. The van der Waals surface area contributed by atoms with Crippen molar-refractivity contribution < 1.29 is 27.1 Å². The number of ether oxygens (including phenoxy) is 2. The van der Waals surface area contributed by atoms with Crippen LogP contribution >= 0.6 is 0 Å². The van der Waals surface area contributed by atoms with Gasteiger partial charge in [-0.25, -0.2) is 8.42 Å². The second kappa shape index (κ2) is 10.0. The molecule has 2 aliphatic carbocycles. The number of rotatable bonds is 7. The number of sulfonamides is 1. The number of carbonyl (C=O) groups is 1. The van der Waals surface area contributed by atoms with E-state index in [4.69, 9.17) is 13.9 Å². The number of amides is 1. The first kappa shape index (κ1) is 27.8. The van der Waals surface area contributed by atoms with Crippen molar-refractivity contribution in [1.29, 1.82) is 0 Å². The second-order valence-electron chi connectivity index (χ2n) is 11.9. The number of piperidine rings is 1. The number of likely N-dealkylation sites (N-methyl/N-ethyl adjacent to an activating group) is 1. The topological polar surface area (TPSA) is 92.5 Å². The summed E-state index contributed by atoms with van der Waals surface area (Å²) in [6, 6.07) is 12.3. The molecule has 1 amide bonds. The first-order valence-electron chi connectivity index (χ1n) is 14.5. The molecule has 0 radical (unpaired) electrons. The quantitative estimate of drug-likeness (QED) is 0.296. The van der Waals surface area contributed by atoms with Gasteiger partial charge in [-0.05, 0) is 60.7 Å². The van der Waals surface area contributed by atoms with Gasteiger partial charge in [0.1, 0.15) is 11.0 Å². The molecule has 2 bridgehead atoms. The first-order valence-corrected chi connectivity index (χ1v) is 15.9. The number of nitrogens with zero attached hydrogens (tertiary/aromatic N) is 3. The number of carbonyl (C=O) groups excluding carboxylic acids is 1. The monoisotopic (exact) mass is 601 g/mol. The Morgan fingerprint density at radius 2 is 1.95 bits per heavy atom. The zero-order chi connectivity index (χ0) is 30.1. The molecule has 3 heterocycles. The minimum atomic E-state index is -3.83. The summed E-state index contributed by atoms with van der Waals surface area (Å²) < 4.78 is 48.1. The van der Waals surface area contributed by atoms with E-state index in [1.807, 2.05) is 50.3 Å². The van der Waals surface area contributed by atoms with E-state index in [0.717, 1.165) is 22.3 Å². The fraction of sp³-hybridized carbons (Fsp3) is 0.364. The van der Waals surface area contributed by atoms with E-state index >= 15 is 0 Å². The van der Waals surface area contributed by atoms with Gasteiger partial charge in [-0.1, -0.05) is 24.3 Å². The third-order valence-electron chi connectivity index (χ3n) is 9.64. The molecule has 3 aromatic rings. The molecular weight excluding hydrogens is 566 g/mol. The van der Waals surface area contributed by atoms with Crippen molar-refractivity contribution in [1.82, 2.24) is 9.21 Å². The fourth-order valence-electron chi connectivity index (χ4n) is 7.68. The maximum absolute atomic E-state index is 14.4. The van der Waals surface area contributed by atoms with E-state index in [1.165, 1.54) is 0 Å². The summed E-state index contributed by atoms with van der Waals surface area (Å²) in [4.78, 5) is 17.3. The van der Waals surface area contributed by atoms with Crippen LogP contribution in [0.4, 0.5) is 5.69 Å². The lowest BCUT2D eigenvalue weighted by Gasteiger charge is -2.55. The Morgan fingerprint density at radius 3 is 2.70 bits per heavy atom. The standard InChI is InChI=1S/C33H35N3O6S/c1-34(2)24-7-5-6-8-28(24)43(38,39)36-17-16-33-23-11-12-25(35(3)29(37)14-9-21-15-18-41-20-21)32(33)42-31-27(40-4)13-10-22(30(31)33)19-26(23)36/h5-11,13-15,18,20,25-26,32H,12,16-17,19H2,1-4H3/b14-9+/t25-,26-,32+,33+/m1/s1. The van der Waals surface area contributed by atoms with Gasteiger partial charge in [0, 0.05) is 44.9 Å². The van der Waals surface area contributed by atoms with E-state index in [1.54, 1.807) is 59.2 Å². The Hall–Kier alpha value is -4.02. The Kier molecular flexibility index (Phi) is 6.48. The molecule has 224 valence electrons. The van der Waals surface area contributed by atoms with Crippen LogP contribution in [0.15, 0.2) is 82.0 Å². The van der Waals surface area contributed by atoms with Gasteiger partial charge in [0.15, 0.2) is 11.5 Å². The molecule has 7 rings (SSSR count). The minimum Gasteiger partial charge on any atom is -0.493 e. The summed E-state index contributed by atoms with van der Waals surface area (Å²) in [6.45, 7) is 0.340. The second-order valence-corrected chi connectivity index (χ2v) is 13.7. The molecule has 10 heteroatoms. The van der Waals surface area contributed by atoms with Crippen molar-refractivity contribution in [3.05, 3.63) is 89.4 Å². The molecule has 1 saturated heterocycles. The van der Waals surface area contributed by atoms with Crippen molar-refractivity contribution in [2.24, 2.45) is 0 Å². The molecule has 4 aliphatic rings. The van der Waals surface area contributed by atoms with Crippen LogP contribution < -0.4 is 14.4 Å². The number of methoxy groups -OCH3 is 1. The molecule has 1 spiro atoms. The van der Waals surface area contributed by atoms with Crippen molar-refractivity contribution in [3.8, 4) is 11.5 Å². The van der Waals surface area contributed by atoms with Crippen LogP contribution in [0, 0.1) is 0 Å². The van der Waals surface area contributed by atoms with Gasteiger partial charge < -0.3 is 23.7 Å². The lowest BCUT2D eigenvalue weighted by Crippen LogP contribution is -2.65. The van der Waals surface area contributed by atoms with Crippen LogP contribution in [0.3, 0.4) is 0 Å². The van der Waals surface area contributed by atoms with Crippen molar-refractivity contribution in [2.45, 2.75) is 47.8 Å². The molecule has 1 fully saturated rings. The number of para-hydroxylation sites is 1. The fourth-order valence-corrected chi connectivity index (χ4v) is 9.55. The minimum absolute atomic E-state index is 0.140. The van der Waals surface area contributed by atoms with Crippen LogP contribution in [-0.2, 0) is 26.7 Å². The highest BCUT2D eigenvalue weighted by atomic mass is 32.2. The number of benzene rings is 2. The maximum atomic E-state index is 14.4. The molecule has 43 heavy (non-hydrogen) atoms. The van der Waals surface area contributed by atoms with E-state index in [2.05, 4.69) is 6.08 Å². The van der Waals surface area contributed by atoms with Crippen LogP contribution in [0.1, 0.15) is 29.5 Å². The van der Waals surface area contributed by atoms with Gasteiger partial charge in [-0.2, -0.15) is 4.31 Å². The number of anilines is 1. The van der Waals surface area contributed by atoms with E-state index in [-0.39, 0.29) is 24.1 Å². The lowest BCUT2D eigenvalue weighted by molar-refractivity contribution is -0.129. The third-order valence-corrected chi connectivity index (χ3v) is 11.6. The lowest BCUT2D eigenvalue weighted by atomic mass is 9.56. The van der Waals surface area contributed by atoms with Gasteiger partial charge in [0.2, 0.25) is 15.9 Å². The zero-order valence-corrected chi connectivity index (χ0v) is 25.5. The van der Waals surface area contributed by atoms with Gasteiger partial charge in [0.25, 0.3) is 0 Å². The summed E-state index contributed by atoms with van der Waals surface area (Å²) in [5.41, 5.74) is 4.14. The largest absolute Gasteiger partial charge is 0.493 e. The number of furan rings is 1. The third kappa shape index (κ3) is 3.99. The average molecular weight is 602 g/mol. The van der Waals surface area contributed by atoms with E-state index in [9.17, 15) is 13.2 Å². The number of hydrogen-bond donors (Lipinski definition) is 0. The number of hydrogen-bond acceptors (Lipinski definition) is 7. The Morgan fingerprint density at radius 1 is 1.14 bits per heavy atom. The molecule has 4 atom stereocenters. The smallest absolute Gasteiger partial charge is 0.246 e. The van der Waals surface area contributed by atoms with Crippen LogP contribution in [-0.4, -0.2) is 76.5 Å². The van der Waals surface area contributed by atoms with Crippen molar-refractivity contribution in [2.75, 3.05) is 39.7 Å².